The number of hydrogen-bond donors (Lipinski definition) is 1. The standard InChI is InChI=1S/C16H19N3O4/c1-11-4-7-15(20)19(18-11)9-8-17-16(21)13-6-5-12(22-2)10-14(13)23-3/h4-7,10H,8-9H2,1-3H3,(H,17,21). The first-order valence-corrected chi connectivity index (χ1v) is 7.10. The zero-order valence-electron chi connectivity index (χ0n) is 13.3. The summed E-state index contributed by atoms with van der Waals surface area (Å²) in [5, 5.41) is 6.86. The van der Waals surface area contributed by atoms with Crippen LogP contribution in [0.1, 0.15) is 16.1 Å². The first kappa shape index (κ1) is 16.5. The van der Waals surface area contributed by atoms with Gasteiger partial charge in [-0.1, -0.05) is 0 Å². The van der Waals surface area contributed by atoms with E-state index in [0.717, 1.165) is 5.69 Å². The van der Waals surface area contributed by atoms with E-state index in [1.165, 1.54) is 17.9 Å². The van der Waals surface area contributed by atoms with Gasteiger partial charge >= 0.3 is 0 Å². The maximum Gasteiger partial charge on any atom is 0.266 e. The van der Waals surface area contributed by atoms with E-state index >= 15 is 0 Å². The van der Waals surface area contributed by atoms with E-state index < -0.39 is 0 Å². The second kappa shape index (κ2) is 7.44. The minimum atomic E-state index is -0.287. The van der Waals surface area contributed by atoms with Gasteiger partial charge in [-0.15, -0.1) is 0 Å². The van der Waals surface area contributed by atoms with E-state index in [2.05, 4.69) is 10.4 Å². The fraction of sp³-hybridized carbons (Fsp3) is 0.312. The minimum Gasteiger partial charge on any atom is -0.497 e. The van der Waals surface area contributed by atoms with Crippen molar-refractivity contribution in [2.24, 2.45) is 0 Å². The highest BCUT2D eigenvalue weighted by atomic mass is 16.5. The van der Waals surface area contributed by atoms with Crippen molar-refractivity contribution in [3.63, 3.8) is 0 Å². The van der Waals surface area contributed by atoms with Crippen LogP contribution in [0.15, 0.2) is 35.1 Å². The van der Waals surface area contributed by atoms with Gasteiger partial charge in [-0.3, -0.25) is 9.59 Å². The first-order chi connectivity index (χ1) is 11.0. The lowest BCUT2D eigenvalue weighted by Crippen LogP contribution is -2.32. The van der Waals surface area contributed by atoms with Crippen molar-refractivity contribution in [3.05, 3.63) is 51.9 Å². The number of aryl methyl sites for hydroxylation is 1. The van der Waals surface area contributed by atoms with Gasteiger partial charge in [0.1, 0.15) is 11.5 Å². The van der Waals surface area contributed by atoms with Crippen LogP contribution in [0, 0.1) is 6.92 Å². The van der Waals surface area contributed by atoms with Crippen LogP contribution in [0.5, 0.6) is 11.5 Å². The summed E-state index contributed by atoms with van der Waals surface area (Å²) in [6, 6.07) is 8.06. The fourth-order valence-electron chi connectivity index (χ4n) is 2.07. The van der Waals surface area contributed by atoms with Gasteiger partial charge in [-0.05, 0) is 25.1 Å². The first-order valence-electron chi connectivity index (χ1n) is 7.10. The van der Waals surface area contributed by atoms with Crippen LogP contribution in [0.2, 0.25) is 0 Å². The van der Waals surface area contributed by atoms with Gasteiger partial charge in [0, 0.05) is 18.7 Å². The number of carbonyl (C=O) groups excluding carboxylic acids is 1. The minimum absolute atomic E-state index is 0.202. The van der Waals surface area contributed by atoms with Crippen LogP contribution >= 0.6 is 0 Å². The lowest BCUT2D eigenvalue weighted by molar-refractivity contribution is 0.0948. The number of benzene rings is 1. The highest BCUT2D eigenvalue weighted by molar-refractivity contribution is 5.97. The van der Waals surface area contributed by atoms with Crippen molar-refractivity contribution in [1.82, 2.24) is 15.1 Å². The van der Waals surface area contributed by atoms with Gasteiger partial charge < -0.3 is 14.8 Å². The van der Waals surface area contributed by atoms with Crippen LogP contribution in [0.4, 0.5) is 0 Å². The quantitative estimate of drug-likeness (QED) is 0.859. The molecule has 0 fully saturated rings. The third-order valence-corrected chi connectivity index (χ3v) is 3.26. The molecule has 0 spiro atoms. The maximum absolute atomic E-state index is 12.2. The van der Waals surface area contributed by atoms with E-state index in [9.17, 15) is 9.59 Å². The Kier molecular flexibility index (Phi) is 5.35. The summed E-state index contributed by atoms with van der Waals surface area (Å²) in [6.07, 6.45) is 0. The van der Waals surface area contributed by atoms with E-state index in [4.69, 9.17) is 9.47 Å². The molecule has 1 aromatic carbocycles. The number of nitrogens with one attached hydrogen (secondary N) is 1. The number of carbonyl (C=O) groups is 1. The molecule has 0 bridgehead atoms. The van der Waals surface area contributed by atoms with Gasteiger partial charge in [0.25, 0.3) is 11.5 Å². The molecule has 7 heteroatoms. The average molecular weight is 317 g/mol. The van der Waals surface area contributed by atoms with Crippen LogP contribution in [0.25, 0.3) is 0 Å². The van der Waals surface area contributed by atoms with Crippen molar-refractivity contribution in [2.75, 3.05) is 20.8 Å². The molecule has 0 aliphatic rings. The van der Waals surface area contributed by atoms with Gasteiger partial charge in [0.2, 0.25) is 0 Å². The molecule has 0 unspecified atom stereocenters. The molecule has 0 atom stereocenters. The number of hydrogen-bond acceptors (Lipinski definition) is 5. The molecule has 1 N–H and O–H groups in total. The number of nitrogens with zero attached hydrogens (tertiary/aromatic N) is 2. The zero-order valence-corrected chi connectivity index (χ0v) is 13.3. The summed E-state index contributed by atoms with van der Waals surface area (Å²) in [5.41, 5.74) is 0.942. The van der Waals surface area contributed by atoms with Gasteiger partial charge in [-0.2, -0.15) is 5.10 Å². The molecule has 0 saturated carbocycles. The number of aromatic nitrogens is 2. The predicted molar refractivity (Wildman–Crippen MR) is 85.1 cm³/mol. The second-order valence-electron chi connectivity index (χ2n) is 4.86. The lowest BCUT2D eigenvalue weighted by atomic mass is 10.1. The summed E-state index contributed by atoms with van der Waals surface area (Å²) < 4.78 is 11.6. The molecule has 1 heterocycles. The molecule has 0 aliphatic heterocycles. The molecule has 7 nitrogen and oxygen atoms in total. The van der Waals surface area contributed by atoms with Crippen molar-refractivity contribution < 1.29 is 14.3 Å². The molecule has 23 heavy (non-hydrogen) atoms. The Bertz CT molecular complexity index is 755. The predicted octanol–water partition coefficient (Wildman–Crippen LogP) is 0.999. The van der Waals surface area contributed by atoms with Crippen LogP contribution in [-0.4, -0.2) is 36.5 Å². The van der Waals surface area contributed by atoms with Crippen molar-refractivity contribution >= 4 is 5.91 Å². The van der Waals surface area contributed by atoms with E-state index in [-0.39, 0.29) is 18.0 Å². The fourth-order valence-corrected chi connectivity index (χ4v) is 2.07. The molecule has 0 aliphatic carbocycles. The number of ether oxygens (including phenoxy) is 2. The Labute approximate surface area is 133 Å². The van der Waals surface area contributed by atoms with Crippen LogP contribution in [-0.2, 0) is 6.54 Å². The van der Waals surface area contributed by atoms with Crippen LogP contribution in [0.3, 0.4) is 0 Å². The van der Waals surface area contributed by atoms with E-state index in [0.29, 0.717) is 23.6 Å². The van der Waals surface area contributed by atoms with Crippen LogP contribution < -0.4 is 20.3 Å². The highest BCUT2D eigenvalue weighted by Gasteiger charge is 2.13. The Balaban J connectivity index is 2.02. The third kappa shape index (κ3) is 4.09. The molecule has 2 rings (SSSR count). The topological polar surface area (TPSA) is 82.5 Å². The van der Waals surface area contributed by atoms with Gasteiger partial charge in [0.05, 0.1) is 32.0 Å². The van der Waals surface area contributed by atoms with Crippen molar-refractivity contribution in [1.29, 1.82) is 0 Å². The summed E-state index contributed by atoms with van der Waals surface area (Å²) in [7, 11) is 3.03. The molecular weight excluding hydrogens is 298 g/mol. The number of amides is 1. The number of rotatable bonds is 6. The van der Waals surface area contributed by atoms with Gasteiger partial charge in [0.15, 0.2) is 0 Å². The smallest absolute Gasteiger partial charge is 0.266 e. The summed E-state index contributed by atoms with van der Waals surface area (Å²) in [5.74, 6) is 0.742. The Morgan fingerprint density at radius 3 is 2.70 bits per heavy atom. The Morgan fingerprint density at radius 2 is 2.00 bits per heavy atom. The summed E-state index contributed by atoms with van der Waals surface area (Å²) in [4.78, 5) is 23.9. The number of methoxy groups -OCH3 is 2. The third-order valence-electron chi connectivity index (χ3n) is 3.26. The SMILES string of the molecule is COc1ccc(C(=O)NCCn2nc(C)ccc2=O)c(OC)c1. The normalized spacial score (nSPS) is 10.2. The Hall–Kier alpha value is -2.83. The van der Waals surface area contributed by atoms with Crippen molar-refractivity contribution in [2.45, 2.75) is 13.5 Å². The zero-order chi connectivity index (χ0) is 16.8. The molecule has 0 saturated heterocycles. The average Bonchev–Trinajstić information content (AvgIpc) is 2.57. The largest absolute Gasteiger partial charge is 0.497 e. The maximum atomic E-state index is 12.2. The monoisotopic (exact) mass is 317 g/mol. The Morgan fingerprint density at radius 1 is 1.22 bits per heavy atom. The van der Waals surface area contributed by atoms with Crippen molar-refractivity contribution in [3.8, 4) is 11.5 Å². The van der Waals surface area contributed by atoms with E-state index in [1.54, 1.807) is 38.3 Å². The highest BCUT2D eigenvalue weighted by Crippen LogP contribution is 2.24. The lowest BCUT2D eigenvalue weighted by Gasteiger charge is -2.11. The van der Waals surface area contributed by atoms with E-state index in [1.807, 2.05) is 0 Å². The summed E-state index contributed by atoms with van der Waals surface area (Å²) in [6.45, 7) is 2.38. The van der Waals surface area contributed by atoms with Gasteiger partial charge in [-0.25, -0.2) is 4.68 Å². The molecular formula is C16H19N3O4. The molecule has 0 radical (unpaired) electrons. The summed E-state index contributed by atoms with van der Waals surface area (Å²) >= 11 is 0. The molecule has 1 amide bonds. The second-order valence-corrected chi connectivity index (χ2v) is 4.86. The molecule has 122 valence electrons. The molecule has 1 aromatic heterocycles. The molecule has 2 aromatic rings.